The van der Waals surface area contributed by atoms with E-state index in [1.54, 1.807) is 0 Å². The van der Waals surface area contributed by atoms with Gasteiger partial charge in [-0.25, -0.2) is 0 Å². The molecule has 0 unspecified atom stereocenters. The average molecular weight is 342 g/mol. The van der Waals surface area contributed by atoms with Crippen molar-refractivity contribution in [3.05, 3.63) is 90.0 Å². The molecule has 26 heavy (non-hydrogen) atoms. The fourth-order valence-electron chi connectivity index (χ4n) is 2.70. The highest BCUT2D eigenvalue weighted by atomic mass is 15.1. The van der Waals surface area contributed by atoms with Crippen LogP contribution in [0, 0.1) is 20.8 Å². The standard InChI is InChI=1S/C17H14N2.C5H8N2/c1-13-10-14(16-6-2-4-8-18-16)12-15(11-13)17-7-3-5-9-19-17;1-4-3-5(2)7-6-4/h2-12H,1H3;3H,1-2H3,(H,6,7). The Bertz CT molecular complexity index is 886. The molecular weight excluding hydrogens is 320 g/mol. The molecule has 3 heterocycles. The van der Waals surface area contributed by atoms with Crippen LogP contribution in [0.1, 0.15) is 17.0 Å². The highest BCUT2D eigenvalue weighted by Crippen LogP contribution is 2.25. The van der Waals surface area contributed by atoms with Gasteiger partial charge in [0, 0.05) is 29.2 Å². The van der Waals surface area contributed by atoms with Gasteiger partial charge in [0.05, 0.1) is 17.1 Å². The van der Waals surface area contributed by atoms with E-state index < -0.39 is 0 Å². The highest BCUT2D eigenvalue weighted by molar-refractivity contribution is 5.70. The van der Waals surface area contributed by atoms with Crippen molar-refractivity contribution in [3.8, 4) is 22.5 Å². The van der Waals surface area contributed by atoms with Gasteiger partial charge in [-0.1, -0.05) is 12.1 Å². The Morgan fingerprint density at radius 2 is 1.27 bits per heavy atom. The van der Waals surface area contributed by atoms with Gasteiger partial charge in [-0.2, -0.15) is 5.10 Å². The molecule has 4 aromatic rings. The molecule has 0 atom stereocenters. The molecule has 1 aromatic carbocycles. The van der Waals surface area contributed by atoms with Crippen molar-refractivity contribution < 1.29 is 0 Å². The summed E-state index contributed by atoms with van der Waals surface area (Å²) in [7, 11) is 0. The van der Waals surface area contributed by atoms with E-state index in [1.807, 2.05) is 68.7 Å². The lowest BCUT2D eigenvalue weighted by Gasteiger charge is -2.07. The average Bonchev–Trinajstić information content (AvgIpc) is 3.06. The van der Waals surface area contributed by atoms with E-state index in [9.17, 15) is 0 Å². The highest BCUT2D eigenvalue weighted by Gasteiger charge is 2.04. The molecule has 0 fully saturated rings. The molecule has 0 bridgehead atoms. The second kappa shape index (κ2) is 8.21. The van der Waals surface area contributed by atoms with Gasteiger partial charge in [0.1, 0.15) is 0 Å². The molecule has 0 saturated carbocycles. The zero-order valence-electron chi connectivity index (χ0n) is 15.3. The molecule has 3 aromatic heterocycles. The summed E-state index contributed by atoms with van der Waals surface area (Å²) in [6.45, 7) is 6.04. The summed E-state index contributed by atoms with van der Waals surface area (Å²) in [5.41, 5.74) is 7.62. The van der Waals surface area contributed by atoms with Crippen molar-refractivity contribution >= 4 is 0 Å². The van der Waals surface area contributed by atoms with Crippen LogP contribution in [0.25, 0.3) is 22.5 Å². The second-order valence-electron chi connectivity index (χ2n) is 6.21. The first-order valence-electron chi connectivity index (χ1n) is 8.55. The number of pyridine rings is 2. The van der Waals surface area contributed by atoms with Gasteiger partial charge in [-0.3, -0.25) is 15.1 Å². The van der Waals surface area contributed by atoms with Gasteiger partial charge < -0.3 is 0 Å². The minimum atomic E-state index is 0.989. The largest absolute Gasteiger partial charge is 0.283 e. The van der Waals surface area contributed by atoms with E-state index in [2.05, 4.69) is 45.3 Å². The fraction of sp³-hybridized carbons (Fsp3) is 0.136. The molecule has 4 nitrogen and oxygen atoms in total. The molecule has 0 amide bonds. The van der Waals surface area contributed by atoms with Gasteiger partial charge in [0.2, 0.25) is 0 Å². The monoisotopic (exact) mass is 342 g/mol. The van der Waals surface area contributed by atoms with Crippen LogP contribution in [0.15, 0.2) is 73.1 Å². The van der Waals surface area contributed by atoms with Gasteiger partial charge >= 0.3 is 0 Å². The normalized spacial score (nSPS) is 10.1. The lowest BCUT2D eigenvalue weighted by atomic mass is 10.0. The van der Waals surface area contributed by atoms with Crippen LogP contribution in [0.5, 0.6) is 0 Å². The predicted molar refractivity (Wildman–Crippen MR) is 106 cm³/mol. The number of aryl methyl sites for hydroxylation is 3. The summed E-state index contributed by atoms with van der Waals surface area (Å²) in [6, 6.07) is 20.4. The summed E-state index contributed by atoms with van der Waals surface area (Å²) in [5.74, 6) is 0. The van der Waals surface area contributed by atoms with Crippen molar-refractivity contribution in [2.75, 3.05) is 0 Å². The smallest absolute Gasteiger partial charge is 0.0702 e. The number of nitrogens with zero attached hydrogens (tertiary/aromatic N) is 3. The van der Waals surface area contributed by atoms with Crippen molar-refractivity contribution in [1.29, 1.82) is 0 Å². The Labute approximate surface area is 154 Å². The Hall–Kier alpha value is -3.27. The number of H-pyrrole nitrogens is 1. The number of hydrogen-bond donors (Lipinski definition) is 1. The SMILES string of the molecule is Cc1cc(-c2ccccn2)cc(-c2ccccn2)c1.Cc1cc(C)[nH]n1. The maximum Gasteiger partial charge on any atom is 0.0702 e. The Morgan fingerprint density at radius 3 is 1.62 bits per heavy atom. The third kappa shape index (κ3) is 4.63. The Balaban J connectivity index is 0.000000236. The van der Waals surface area contributed by atoms with Gasteiger partial charge in [-0.05, 0) is 74.9 Å². The number of aromatic nitrogens is 4. The third-order valence-electron chi connectivity index (χ3n) is 3.83. The summed E-state index contributed by atoms with van der Waals surface area (Å²) in [5, 5.41) is 6.71. The minimum absolute atomic E-state index is 0.989. The zero-order valence-corrected chi connectivity index (χ0v) is 15.3. The van der Waals surface area contributed by atoms with Crippen LogP contribution in [-0.4, -0.2) is 20.2 Å². The van der Waals surface area contributed by atoms with Gasteiger partial charge in [-0.15, -0.1) is 0 Å². The van der Waals surface area contributed by atoms with E-state index in [0.717, 1.165) is 33.9 Å². The van der Waals surface area contributed by atoms with E-state index in [0.29, 0.717) is 0 Å². The van der Waals surface area contributed by atoms with Crippen molar-refractivity contribution in [1.82, 2.24) is 20.2 Å². The van der Waals surface area contributed by atoms with Crippen LogP contribution in [0.4, 0.5) is 0 Å². The maximum atomic E-state index is 4.40. The zero-order chi connectivity index (χ0) is 18.4. The second-order valence-corrected chi connectivity index (χ2v) is 6.21. The summed E-state index contributed by atoms with van der Waals surface area (Å²) in [6.07, 6.45) is 3.64. The minimum Gasteiger partial charge on any atom is -0.283 e. The Morgan fingerprint density at radius 1 is 0.692 bits per heavy atom. The molecule has 0 aliphatic heterocycles. The van der Waals surface area contributed by atoms with Crippen LogP contribution in [0.2, 0.25) is 0 Å². The van der Waals surface area contributed by atoms with E-state index in [1.165, 1.54) is 5.56 Å². The number of hydrogen-bond acceptors (Lipinski definition) is 3. The van der Waals surface area contributed by atoms with E-state index in [4.69, 9.17) is 0 Å². The van der Waals surface area contributed by atoms with Crippen molar-refractivity contribution in [2.45, 2.75) is 20.8 Å². The first-order valence-corrected chi connectivity index (χ1v) is 8.55. The quantitative estimate of drug-likeness (QED) is 0.548. The third-order valence-corrected chi connectivity index (χ3v) is 3.83. The maximum absolute atomic E-state index is 4.40. The lowest BCUT2D eigenvalue weighted by molar-refractivity contribution is 1.02. The summed E-state index contributed by atoms with van der Waals surface area (Å²) in [4.78, 5) is 8.81. The van der Waals surface area contributed by atoms with Gasteiger partial charge in [0.25, 0.3) is 0 Å². The number of nitrogens with one attached hydrogen (secondary N) is 1. The topological polar surface area (TPSA) is 54.5 Å². The van der Waals surface area contributed by atoms with Crippen molar-refractivity contribution in [2.24, 2.45) is 0 Å². The molecular formula is C22H22N4. The lowest BCUT2D eigenvalue weighted by Crippen LogP contribution is -1.87. The molecule has 0 saturated heterocycles. The molecule has 0 spiro atoms. The molecule has 0 aliphatic carbocycles. The van der Waals surface area contributed by atoms with Crippen LogP contribution in [-0.2, 0) is 0 Å². The number of rotatable bonds is 2. The summed E-state index contributed by atoms with van der Waals surface area (Å²) < 4.78 is 0. The predicted octanol–water partition coefficient (Wildman–Crippen LogP) is 5.15. The van der Waals surface area contributed by atoms with E-state index in [-0.39, 0.29) is 0 Å². The van der Waals surface area contributed by atoms with Crippen molar-refractivity contribution in [3.63, 3.8) is 0 Å². The molecule has 0 aliphatic rings. The number of benzene rings is 1. The first kappa shape index (κ1) is 17.5. The van der Waals surface area contributed by atoms with Gasteiger partial charge in [0.15, 0.2) is 0 Å². The van der Waals surface area contributed by atoms with Crippen LogP contribution < -0.4 is 0 Å². The summed E-state index contributed by atoms with van der Waals surface area (Å²) >= 11 is 0. The molecule has 0 radical (unpaired) electrons. The molecule has 4 rings (SSSR count). The fourth-order valence-corrected chi connectivity index (χ4v) is 2.70. The Kier molecular flexibility index (Phi) is 5.54. The first-order chi connectivity index (χ1) is 12.6. The van der Waals surface area contributed by atoms with E-state index >= 15 is 0 Å². The number of aromatic amines is 1. The molecule has 4 heteroatoms. The molecule has 1 N–H and O–H groups in total. The van der Waals surface area contributed by atoms with Crippen LogP contribution >= 0.6 is 0 Å². The van der Waals surface area contributed by atoms with Crippen LogP contribution in [0.3, 0.4) is 0 Å². The molecule has 130 valence electrons.